The topological polar surface area (TPSA) is 12.0 Å². The number of thioether (sulfide) groups is 1. The van der Waals surface area contributed by atoms with Gasteiger partial charge in [0.25, 0.3) is 0 Å². The molecule has 1 atom stereocenters. The van der Waals surface area contributed by atoms with Crippen LogP contribution in [0, 0.1) is 5.92 Å². The van der Waals surface area contributed by atoms with Crippen molar-refractivity contribution >= 4 is 27.7 Å². The zero-order valence-electron chi connectivity index (χ0n) is 13.0. The normalized spacial score (nSPS) is 12.8. The van der Waals surface area contributed by atoms with Crippen molar-refractivity contribution in [1.82, 2.24) is 5.32 Å². The molecule has 1 N–H and O–H groups in total. The molecule has 0 aliphatic rings. The highest BCUT2D eigenvalue weighted by molar-refractivity contribution is 9.10. The van der Waals surface area contributed by atoms with Crippen molar-refractivity contribution in [3.63, 3.8) is 0 Å². The van der Waals surface area contributed by atoms with E-state index in [0.717, 1.165) is 18.2 Å². The van der Waals surface area contributed by atoms with E-state index < -0.39 is 0 Å². The van der Waals surface area contributed by atoms with Crippen LogP contribution in [0.1, 0.15) is 46.5 Å². The smallest absolute Gasteiger partial charge is 0.0186 e. The molecule has 20 heavy (non-hydrogen) atoms. The lowest BCUT2D eigenvalue weighted by atomic mass is 10.0. The molecule has 0 saturated heterocycles. The molecular formula is C17H28BrNS. The summed E-state index contributed by atoms with van der Waals surface area (Å²) in [5.74, 6) is 1.98. The summed E-state index contributed by atoms with van der Waals surface area (Å²) in [4.78, 5) is 1.35. The highest BCUT2D eigenvalue weighted by Crippen LogP contribution is 2.23. The summed E-state index contributed by atoms with van der Waals surface area (Å²) in [7, 11) is 0. The molecule has 0 aliphatic heterocycles. The summed E-state index contributed by atoms with van der Waals surface area (Å²) in [6, 6.07) is 9.23. The van der Waals surface area contributed by atoms with Crippen molar-refractivity contribution in [2.45, 2.75) is 57.4 Å². The van der Waals surface area contributed by atoms with Crippen LogP contribution in [0.5, 0.6) is 0 Å². The van der Waals surface area contributed by atoms with Gasteiger partial charge < -0.3 is 5.32 Å². The van der Waals surface area contributed by atoms with Gasteiger partial charge in [0.15, 0.2) is 0 Å². The molecule has 0 bridgehead atoms. The SMILES string of the molecule is CCCNC(CCCC(C)C)CSc1cccc(Br)c1. The van der Waals surface area contributed by atoms with E-state index in [1.165, 1.54) is 35.1 Å². The van der Waals surface area contributed by atoms with Gasteiger partial charge in [0, 0.05) is 21.2 Å². The van der Waals surface area contributed by atoms with Crippen LogP contribution in [0.3, 0.4) is 0 Å². The summed E-state index contributed by atoms with van der Waals surface area (Å²) >= 11 is 5.50. The van der Waals surface area contributed by atoms with Gasteiger partial charge >= 0.3 is 0 Å². The van der Waals surface area contributed by atoms with E-state index in [1.54, 1.807) is 0 Å². The van der Waals surface area contributed by atoms with E-state index in [9.17, 15) is 0 Å². The molecule has 0 aromatic heterocycles. The number of rotatable bonds is 10. The van der Waals surface area contributed by atoms with Crippen LogP contribution in [0.4, 0.5) is 0 Å². The third-order valence-electron chi connectivity index (χ3n) is 3.26. The predicted octanol–water partition coefficient (Wildman–Crippen LogP) is 5.74. The van der Waals surface area contributed by atoms with E-state index in [2.05, 4.69) is 66.3 Å². The standard InChI is InChI=1S/C17H28BrNS/c1-4-11-19-16(9-5-7-14(2)3)13-20-17-10-6-8-15(18)12-17/h6,8,10,12,14,16,19H,4-5,7,9,11,13H2,1-3H3. The maximum absolute atomic E-state index is 3.70. The third-order valence-corrected chi connectivity index (χ3v) is 4.91. The molecule has 0 radical (unpaired) electrons. The monoisotopic (exact) mass is 357 g/mol. The summed E-state index contributed by atoms with van der Waals surface area (Å²) < 4.78 is 1.17. The van der Waals surface area contributed by atoms with Crippen molar-refractivity contribution in [2.75, 3.05) is 12.3 Å². The highest BCUT2D eigenvalue weighted by Gasteiger charge is 2.09. The van der Waals surface area contributed by atoms with Gasteiger partial charge in [-0.05, 0) is 43.5 Å². The van der Waals surface area contributed by atoms with E-state index in [-0.39, 0.29) is 0 Å². The summed E-state index contributed by atoms with van der Waals surface area (Å²) in [6.45, 7) is 7.99. The molecule has 1 aromatic rings. The number of hydrogen-bond donors (Lipinski definition) is 1. The highest BCUT2D eigenvalue weighted by atomic mass is 79.9. The Kier molecular flexibility index (Phi) is 9.66. The molecule has 1 rings (SSSR count). The minimum atomic E-state index is 0.637. The first-order valence-electron chi connectivity index (χ1n) is 7.73. The Labute approximate surface area is 137 Å². The van der Waals surface area contributed by atoms with Gasteiger partial charge in [0.05, 0.1) is 0 Å². The van der Waals surface area contributed by atoms with Gasteiger partial charge in [-0.2, -0.15) is 0 Å². The number of halogens is 1. The first kappa shape index (κ1) is 18.1. The van der Waals surface area contributed by atoms with Crippen LogP contribution < -0.4 is 5.32 Å². The van der Waals surface area contributed by atoms with Crippen molar-refractivity contribution in [1.29, 1.82) is 0 Å². The molecule has 1 aromatic carbocycles. The Morgan fingerprint density at radius 3 is 2.70 bits per heavy atom. The quantitative estimate of drug-likeness (QED) is 0.536. The molecule has 0 heterocycles. The number of hydrogen-bond acceptors (Lipinski definition) is 2. The minimum absolute atomic E-state index is 0.637. The first-order chi connectivity index (χ1) is 9.61. The Morgan fingerprint density at radius 2 is 2.05 bits per heavy atom. The molecular weight excluding hydrogens is 330 g/mol. The number of nitrogens with one attached hydrogen (secondary N) is 1. The van der Waals surface area contributed by atoms with Crippen molar-refractivity contribution in [3.8, 4) is 0 Å². The summed E-state index contributed by atoms with van der Waals surface area (Å²) in [5, 5.41) is 3.70. The van der Waals surface area contributed by atoms with E-state index in [4.69, 9.17) is 0 Å². The van der Waals surface area contributed by atoms with Gasteiger partial charge in [-0.15, -0.1) is 11.8 Å². The van der Waals surface area contributed by atoms with Crippen LogP contribution in [-0.2, 0) is 0 Å². The van der Waals surface area contributed by atoms with Crippen LogP contribution in [-0.4, -0.2) is 18.3 Å². The predicted molar refractivity (Wildman–Crippen MR) is 95.6 cm³/mol. The van der Waals surface area contributed by atoms with Crippen molar-refractivity contribution < 1.29 is 0 Å². The summed E-state index contributed by atoms with van der Waals surface area (Å²) in [6.07, 6.45) is 5.17. The lowest BCUT2D eigenvalue weighted by molar-refractivity contribution is 0.462. The molecule has 114 valence electrons. The van der Waals surface area contributed by atoms with Gasteiger partial charge in [0.2, 0.25) is 0 Å². The first-order valence-corrected chi connectivity index (χ1v) is 9.51. The molecule has 0 fully saturated rings. The van der Waals surface area contributed by atoms with E-state index in [0.29, 0.717) is 6.04 Å². The zero-order chi connectivity index (χ0) is 14.8. The second-order valence-electron chi connectivity index (χ2n) is 5.74. The van der Waals surface area contributed by atoms with Crippen LogP contribution in [0.15, 0.2) is 33.6 Å². The fraction of sp³-hybridized carbons (Fsp3) is 0.647. The van der Waals surface area contributed by atoms with Crippen LogP contribution >= 0.6 is 27.7 Å². The molecule has 0 saturated carbocycles. The molecule has 1 nitrogen and oxygen atoms in total. The summed E-state index contributed by atoms with van der Waals surface area (Å²) in [5.41, 5.74) is 0. The van der Waals surface area contributed by atoms with Gasteiger partial charge in [-0.3, -0.25) is 0 Å². The van der Waals surface area contributed by atoms with Gasteiger partial charge in [-0.1, -0.05) is 55.6 Å². The Hall–Kier alpha value is 0.01000. The fourth-order valence-corrected chi connectivity index (χ4v) is 3.73. The fourth-order valence-electron chi connectivity index (χ4n) is 2.12. The van der Waals surface area contributed by atoms with E-state index in [1.807, 2.05) is 11.8 Å². The van der Waals surface area contributed by atoms with Crippen molar-refractivity contribution in [2.24, 2.45) is 5.92 Å². The zero-order valence-corrected chi connectivity index (χ0v) is 15.4. The maximum atomic E-state index is 3.70. The Bertz CT molecular complexity index is 368. The Balaban J connectivity index is 2.38. The molecule has 0 amide bonds. The average Bonchev–Trinajstić information content (AvgIpc) is 2.41. The lowest BCUT2D eigenvalue weighted by Gasteiger charge is -2.18. The van der Waals surface area contributed by atoms with Crippen molar-refractivity contribution in [3.05, 3.63) is 28.7 Å². The van der Waals surface area contributed by atoms with Crippen LogP contribution in [0.2, 0.25) is 0 Å². The average molecular weight is 358 g/mol. The molecule has 1 unspecified atom stereocenters. The molecule has 0 aliphatic carbocycles. The third kappa shape index (κ3) is 8.33. The molecule has 3 heteroatoms. The Morgan fingerprint density at radius 1 is 1.25 bits per heavy atom. The maximum Gasteiger partial charge on any atom is 0.0186 e. The molecule has 0 spiro atoms. The van der Waals surface area contributed by atoms with Crippen LogP contribution in [0.25, 0.3) is 0 Å². The van der Waals surface area contributed by atoms with E-state index >= 15 is 0 Å². The lowest BCUT2D eigenvalue weighted by Crippen LogP contribution is -2.32. The second-order valence-corrected chi connectivity index (χ2v) is 7.75. The number of benzene rings is 1. The minimum Gasteiger partial charge on any atom is -0.313 e. The van der Waals surface area contributed by atoms with Gasteiger partial charge in [-0.25, -0.2) is 0 Å². The van der Waals surface area contributed by atoms with Gasteiger partial charge in [0.1, 0.15) is 0 Å². The largest absolute Gasteiger partial charge is 0.313 e. The second kappa shape index (κ2) is 10.7.